The van der Waals surface area contributed by atoms with Gasteiger partial charge >= 0.3 is 5.97 Å². The number of esters is 1. The second kappa shape index (κ2) is 12.5. The predicted molar refractivity (Wildman–Crippen MR) is 73.7 cm³/mol. The largest absolute Gasteiger partial charge is 0.449 e. The summed E-state index contributed by atoms with van der Waals surface area (Å²) in [5.74, 6) is -0.256. The van der Waals surface area contributed by atoms with Crippen molar-refractivity contribution in [2.75, 3.05) is 6.07 Å². The maximum atomic E-state index is 11.0. The fraction of sp³-hybridized carbons (Fsp3) is 0.923. The lowest BCUT2D eigenvalue weighted by molar-refractivity contribution is -0.141. The topological polar surface area (TPSA) is 26.3 Å². The molecule has 0 aliphatic heterocycles. The molecule has 17 heavy (non-hydrogen) atoms. The molecule has 0 aromatic rings. The van der Waals surface area contributed by atoms with Crippen LogP contribution >= 0.6 is 23.2 Å². The lowest BCUT2D eigenvalue weighted by atomic mass is 10.1. The first-order valence-electron chi connectivity index (χ1n) is 6.56. The van der Waals surface area contributed by atoms with Gasteiger partial charge in [0.15, 0.2) is 6.07 Å². The molecule has 102 valence electrons. The first-order valence-corrected chi connectivity index (χ1v) is 7.53. The number of ether oxygens (including phenoxy) is 1. The summed E-state index contributed by atoms with van der Waals surface area (Å²) in [4.78, 5) is 11.0. The third-order valence-corrected chi connectivity index (χ3v) is 3.29. The molecule has 0 bridgehead atoms. The van der Waals surface area contributed by atoms with Crippen LogP contribution in [0.1, 0.15) is 64.7 Å². The van der Waals surface area contributed by atoms with Crippen LogP contribution in [0, 0.1) is 0 Å². The predicted octanol–water partition coefficient (Wildman–Crippen LogP) is 4.86. The van der Waals surface area contributed by atoms with Crippen molar-refractivity contribution >= 4 is 29.2 Å². The van der Waals surface area contributed by atoms with E-state index in [-0.39, 0.29) is 17.4 Å². The Hall–Kier alpha value is 0.0500. The standard InChI is InChI=1S/C13H24Cl2O2/c1-2-3-4-5-6-7-8-12(15)9-10-13(16)17-11-14/h12H,2-11H2,1H3. The second-order valence-corrected chi connectivity index (χ2v) is 5.15. The third-order valence-electron chi connectivity index (χ3n) is 2.75. The Morgan fingerprint density at radius 3 is 2.41 bits per heavy atom. The van der Waals surface area contributed by atoms with Gasteiger partial charge in [-0.05, 0) is 12.8 Å². The molecule has 0 aliphatic carbocycles. The number of halogens is 2. The Labute approximate surface area is 115 Å². The van der Waals surface area contributed by atoms with Crippen molar-refractivity contribution in [3.05, 3.63) is 0 Å². The molecule has 0 fully saturated rings. The van der Waals surface area contributed by atoms with E-state index in [1.54, 1.807) is 0 Å². The van der Waals surface area contributed by atoms with Gasteiger partial charge in [-0.15, -0.1) is 11.6 Å². The molecule has 0 aromatic heterocycles. The molecule has 0 amide bonds. The minimum absolute atomic E-state index is 0.0663. The number of unbranched alkanes of at least 4 members (excludes halogenated alkanes) is 5. The molecule has 1 atom stereocenters. The summed E-state index contributed by atoms with van der Waals surface area (Å²) >= 11 is 11.4. The van der Waals surface area contributed by atoms with E-state index < -0.39 is 0 Å². The molecule has 0 aromatic carbocycles. The first-order chi connectivity index (χ1) is 8.20. The maximum absolute atomic E-state index is 11.0. The second-order valence-electron chi connectivity index (χ2n) is 4.32. The molecule has 0 spiro atoms. The van der Waals surface area contributed by atoms with E-state index >= 15 is 0 Å². The van der Waals surface area contributed by atoms with Crippen molar-refractivity contribution in [3.63, 3.8) is 0 Å². The first kappa shape index (κ1) is 17.1. The average molecular weight is 283 g/mol. The summed E-state index contributed by atoms with van der Waals surface area (Å²) in [5.41, 5.74) is 0. The Kier molecular flexibility index (Phi) is 12.5. The van der Waals surface area contributed by atoms with Gasteiger partial charge in [0.25, 0.3) is 0 Å². The van der Waals surface area contributed by atoms with Crippen LogP contribution in [-0.2, 0) is 9.53 Å². The highest BCUT2D eigenvalue weighted by Crippen LogP contribution is 2.16. The summed E-state index contributed by atoms with van der Waals surface area (Å²) in [7, 11) is 0. The molecule has 0 heterocycles. The molecule has 0 radical (unpaired) electrons. The van der Waals surface area contributed by atoms with Crippen molar-refractivity contribution in [2.24, 2.45) is 0 Å². The van der Waals surface area contributed by atoms with Gasteiger partial charge < -0.3 is 4.74 Å². The normalized spacial score (nSPS) is 12.4. The summed E-state index contributed by atoms with van der Waals surface area (Å²) < 4.78 is 4.63. The van der Waals surface area contributed by atoms with Crippen LogP contribution in [0.3, 0.4) is 0 Å². The Morgan fingerprint density at radius 2 is 1.76 bits per heavy atom. The summed E-state index contributed by atoms with van der Waals surface area (Å²) in [6, 6.07) is -0.0663. The van der Waals surface area contributed by atoms with Crippen LogP contribution in [0.4, 0.5) is 0 Å². The highest BCUT2D eigenvalue weighted by atomic mass is 35.5. The van der Waals surface area contributed by atoms with E-state index in [2.05, 4.69) is 11.7 Å². The minimum Gasteiger partial charge on any atom is -0.449 e. The van der Waals surface area contributed by atoms with Gasteiger partial charge in [0.1, 0.15) is 0 Å². The van der Waals surface area contributed by atoms with Crippen LogP contribution in [-0.4, -0.2) is 17.4 Å². The van der Waals surface area contributed by atoms with Gasteiger partial charge in [0, 0.05) is 11.8 Å². The molecule has 0 aliphatic rings. The van der Waals surface area contributed by atoms with E-state index in [1.807, 2.05) is 0 Å². The maximum Gasteiger partial charge on any atom is 0.307 e. The molecule has 0 saturated heterocycles. The van der Waals surface area contributed by atoms with Crippen LogP contribution in [0.5, 0.6) is 0 Å². The fourth-order valence-corrected chi connectivity index (χ4v) is 2.08. The van der Waals surface area contributed by atoms with Gasteiger partial charge in [-0.25, -0.2) is 0 Å². The molecule has 0 N–H and O–H groups in total. The summed E-state index contributed by atoms with van der Waals surface area (Å²) in [6.07, 6.45) is 9.68. The zero-order chi connectivity index (χ0) is 12.9. The van der Waals surface area contributed by atoms with Crippen molar-refractivity contribution in [1.82, 2.24) is 0 Å². The SMILES string of the molecule is CCCCCCCCC(Cl)CCC(=O)OCCl. The van der Waals surface area contributed by atoms with Crippen LogP contribution in [0.15, 0.2) is 0 Å². The number of rotatable bonds is 11. The number of hydrogen-bond acceptors (Lipinski definition) is 2. The zero-order valence-corrected chi connectivity index (χ0v) is 12.2. The lowest BCUT2D eigenvalue weighted by Crippen LogP contribution is -2.07. The fourth-order valence-electron chi connectivity index (χ4n) is 1.70. The number of hydrogen-bond donors (Lipinski definition) is 0. The number of carbonyl (C=O) groups excluding carboxylic acids is 1. The molecular weight excluding hydrogens is 259 g/mol. The lowest BCUT2D eigenvalue weighted by Gasteiger charge is -2.08. The van der Waals surface area contributed by atoms with Gasteiger partial charge in [-0.2, -0.15) is 0 Å². The molecular formula is C13H24Cl2O2. The average Bonchev–Trinajstić information content (AvgIpc) is 2.31. The van der Waals surface area contributed by atoms with E-state index in [9.17, 15) is 4.79 Å². The van der Waals surface area contributed by atoms with Gasteiger partial charge in [-0.3, -0.25) is 4.79 Å². The van der Waals surface area contributed by atoms with E-state index in [0.717, 1.165) is 12.8 Å². The quantitative estimate of drug-likeness (QED) is 0.307. The molecule has 0 saturated carbocycles. The van der Waals surface area contributed by atoms with Gasteiger partial charge in [-0.1, -0.05) is 57.0 Å². The van der Waals surface area contributed by atoms with Crippen molar-refractivity contribution in [1.29, 1.82) is 0 Å². The van der Waals surface area contributed by atoms with Crippen LogP contribution < -0.4 is 0 Å². The summed E-state index contributed by atoms with van der Waals surface area (Å²) in [6.45, 7) is 2.22. The van der Waals surface area contributed by atoms with E-state index in [1.165, 1.54) is 32.1 Å². The van der Waals surface area contributed by atoms with Crippen LogP contribution in [0.25, 0.3) is 0 Å². The highest BCUT2D eigenvalue weighted by Gasteiger charge is 2.08. The Balaban J connectivity index is 3.28. The Bertz CT molecular complexity index is 186. The molecule has 2 nitrogen and oxygen atoms in total. The molecule has 1 unspecified atom stereocenters. The smallest absolute Gasteiger partial charge is 0.307 e. The highest BCUT2D eigenvalue weighted by molar-refractivity contribution is 6.20. The van der Waals surface area contributed by atoms with Crippen molar-refractivity contribution in [3.8, 4) is 0 Å². The van der Waals surface area contributed by atoms with Gasteiger partial charge in [0.05, 0.1) is 0 Å². The zero-order valence-electron chi connectivity index (χ0n) is 10.7. The Morgan fingerprint density at radius 1 is 1.12 bits per heavy atom. The van der Waals surface area contributed by atoms with E-state index in [0.29, 0.717) is 12.8 Å². The van der Waals surface area contributed by atoms with E-state index in [4.69, 9.17) is 23.2 Å². The number of alkyl halides is 2. The summed E-state index contributed by atoms with van der Waals surface area (Å²) in [5, 5.41) is 0.0871. The monoisotopic (exact) mass is 282 g/mol. The number of carbonyl (C=O) groups is 1. The van der Waals surface area contributed by atoms with Crippen LogP contribution in [0.2, 0.25) is 0 Å². The molecule has 0 rings (SSSR count). The third kappa shape index (κ3) is 12.3. The van der Waals surface area contributed by atoms with Gasteiger partial charge in [0.2, 0.25) is 0 Å². The van der Waals surface area contributed by atoms with Crippen molar-refractivity contribution < 1.29 is 9.53 Å². The van der Waals surface area contributed by atoms with Crippen molar-refractivity contribution in [2.45, 2.75) is 70.1 Å². The molecule has 4 heteroatoms. The minimum atomic E-state index is -0.256.